The molecule has 8 heteroatoms. The molecule has 132 valence electrons. The lowest BCUT2D eigenvalue weighted by Crippen LogP contribution is -2.01. The predicted octanol–water partition coefficient (Wildman–Crippen LogP) is 5.09. The number of thioether (sulfide) groups is 1. The number of nitro benzene ring substituents is 1. The predicted molar refractivity (Wildman–Crippen MR) is 106 cm³/mol. The van der Waals surface area contributed by atoms with Gasteiger partial charge in [0.15, 0.2) is 11.0 Å². The monoisotopic (exact) mass is 430 g/mol. The number of aromatic nitrogens is 3. The van der Waals surface area contributed by atoms with Gasteiger partial charge in [0.25, 0.3) is 5.69 Å². The van der Waals surface area contributed by atoms with E-state index in [1.165, 1.54) is 17.8 Å². The molecule has 0 saturated heterocycles. The maximum Gasteiger partial charge on any atom is 0.273 e. The van der Waals surface area contributed by atoms with Crippen LogP contribution in [0.2, 0.25) is 0 Å². The molecule has 0 bridgehead atoms. The van der Waals surface area contributed by atoms with Crippen molar-refractivity contribution in [2.24, 2.45) is 0 Å². The molecule has 0 radical (unpaired) electrons. The molecule has 6 nitrogen and oxygen atoms in total. The molecule has 0 aliphatic rings. The Morgan fingerprint density at radius 3 is 2.62 bits per heavy atom. The number of allylic oxidation sites excluding steroid dienone is 1. The van der Waals surface area contributed by atoms with Crippen LogP contribution in [0.3, 0.4) is 0 Å². The summed E-state index contributed by atoms with van der Waals surface area (Å²) < 4.78 is 2.94. The molecule has 0 spiro atoms. The van der Waals surface area contributed by atoms with Crippen LogP contribution >= 0.6 is 27.7 Å². The fraction of sp³-hybridized carbons (Fsp3) is 0.111. The van der Waals surface area contributed by atoms with E-state index in [0.717, 1.165) is 15.9 Å². The van der Waals surface area contributed by atoms with E-state index in [1.807, 2.05) is 28.8 Å². The maximum absolute atomic E-state index is 11.2. The summed E-state index contributed by atoms with van der Waals surface area (Å²) in [6.07, 6.45) is 1.78. The average molecular weight is 431 g/mol. The molecule has 0 saturated carbocycles. The Balaban J connectivity index is 1.88. The molecule has 0 aliphatic heterocycles. The number of nitro groups is 1. The van der Waals surface area contributed by atoms with E-state index in [4.69, 9.17) is 0 Å². The fourth-order valence-electron chi connectivity index (χ4n) is 2.45. The van der Waals surface area contributed by atoms with Gasteiger partial charge in [-0.2, -0.15) is 0 Å². The Hall–Kier alpha value is -2.45. The van der Waals surface area contributed by atoms with Crippen molar-refractivity contribution in [3.8, 4) is 11.4 Å². The van der Waals surface area contributed by atoms with Gasteiger partial charge in [-0.25, -0.2) is 0 Å². The van der Waals surface area contributed by atoms with Crippen LogP contribution in [0.1, 0.15) is 5.56 Å². The Kier molecular flexibility index (Phi) is 5.85. The molecule has 3 aromatic rings. The molecule has 0 fully saturated rings. The topological polar surface area (TPSA) is 73.8 Å². The molecule has 0 atom stereocenters. The molecule has 3 rings (SSSR count). The molecular formula is C18H15BrN4O2S. The third-order valence-electron chi connectivity index (χ3n) is 3.68. The molecule has 0 N–H and O–H groups in total. The van der Waals surface area contributed by atoms with Crippen LogP contribution in [0.4, 0.5) is 5.69 Å². The summed E-state index contributed by atoms with van der Waals surface area (Å²) in [5, 5.41) is 20.4. The molecule has 2 aromatic carbocycles. The van der Waals surface area contributed by atoms with Crippen molar-refractivity contribution in [2.75, 3.05) is 0 Å². The minimum absolute atomic E-state index is 0.114. The van der Waals surface area contributed by atoms with Crippen LogP contribution in [0.25, 0.3) is 11.4 Å². The Labute approximate surface area is 163 Å². The van der Waals surface area contributed by atoms with Gasteiger partial charge in [0.05, 0.1) is 4.92 Å². The fourth-order valence-corrected chi connectivity index (χ4v) is 3.66. The van der Waals surface area contributed by atoms with Crippen LogP contribution < -0.4 is 0 Å². The van der Waals surface area contributed by atoms with E-state index in [9.17, 15) is 10.1 Å². The van der Waals surface area contributed by atoms with Crippen LogP contribution in [-0.2, 0) is 12.3 Å². The molecule has 0 aliphatic carbocycles. The molecule has 0 unspecified atom stereocenters. The number of halogens is 1. The highest BCUT2D eigenvalue weighted by molar-refractivity contribution is 9.10. The molecule has 0 amide bonds. The maximum atomic E-state index is 11.2. The lowest BCUT2D eigenvalue weighted by Gasteiger charge is -2.08. The van der Waals surface area contributed by atoms with Crippen molar-refractivity contribution in [3.05, 3.63) is 81.3 Å². The highest BCUT2D eigenvalue weighted by Crippen LogP contribution is 2.30. The second-order valence-electron chi connectivity index (χ2n) is 5.39. The van der Waals surface area contributed by atoms with E-state index < -0.39 is 0 Å². The zero-order chi connectivity index (χ0) is 18.5. The van der Waals surface area contributed by atoms with Gasteiger partial charge < -0.3 is 0 Å². The largest absolute Gasteiger partial charge is 0.298 e. The van der Waals surface area contributed by atoms with Crippen molar-refractivity contribution in [3.63, 3.8) is 0 Å². The number of para-hydroxylation sites is 1. The zero-order valence-electron chi connectivity index (χ0n) is 13.7. The SMILES string of the molecule is C=CCn1c(SCc2ccccc2[N+](=O)[O-])nnc1-c1ccc(Br)cc1. The Bertz CT molecular complexity index is 941. The van der Waals surface area contributed by atoms with Gasteiger partial charge in [0.2, 0.25) is 0 Å². The number of nitrogens with zero attached hydrogens (tertiary/aromatic N) is 4. The van der Waals surface area contributed by atoms with Gasteiger partial charge in [-0.15, -0.1) is 16.8 Å². The first-order valence-electron chi connectivity index (χ1n) is 7.75. The summed E-state index contributed by atoms with van der Waals surface area (Å²) >= 11 is 4.84. The quantitative estimate of drug-likeness (QED) is 0.225. The van der Waals surface area contributed by atoms with Gasteiger partial charge in [-0.1, -0.05) is 64.1 Å². The lowest BCUT2D eigenvalue weighted by molar-refractivity contribution is -0.385. The van der Waals surface area contributed by atoms with Gasteiger partial charge in [0, 0.05) is 34.0 Å². The van der Waals surface area contributed by atoms with E-state index in [-0.39, 0.29) is 10.6 Å². The summed E-state index contributed by atoms with van der Waals surface area (Å²) in [6.45, 7) is 4.35. The Morgan fingerprint density at radius 1 is 1.19 bits per heavy atom. The van der Waals surface area contributed by atoms with E-state index in [2.05, 4.69) is 32.7 Å². The minimum atomic E-state index is -0.363. The molecular weight excluding hydrogens is 416 g/mol. The summed E-state index contributed by atoms with van der Waals surface area (Å²) in [5.74, 6) is 1.18. The first-order chi connectivity index (χ1) is 12.6. The summed E-state index contributed by atoms with van der Waals surface area (Å²) in [5.41, 5.74) is 1.71. The summed E-state index contributed by atoms with van der Waals surface area (Å²) in [6, 6.07) is 14.6. The van der Waals surface area contributed by atoms with Crippen molar-refractivity contribution in [2.45, 2.75) is 17.5 Å². The molecule has 1 heterocycles. The van der Waals surface area contributed by atoms with E-state index in [1.54, 1.807) is 24.3 Å². The van der Waals surface area contributed by atoms with E-state index in [0.29, 0.717) is 23.0 Å². The highest BCUT2D eigenvalue weighted by atomic mass is 79.9. The van der Waals surface area contributed by atoms with E-state index >= 15 is 0 Å². The Morgan fingerprint density at radius 2 is 1.92 bits per heavy atom. The standard InChI is InChI=1S/C18H15BrN4O2S/c1-2-11-22-17(13-7-9-15(19)10-8-13)20-21-18(22)26-12-14-5-3-4-6-16(14)23(24)25/h2-10H,1,11-12H2. The second kappa shape index (κ2) is 8.29. The van der Waals surface area contributed by atoms with Gasteiger partial charge in [0.1, 0.15) is 0 Å². The van der Waals surface area contributed by atoms with Crippen molar-refractivity contribution in [1.29, 1.82) is 0 Å². The summed E-state index contributed by atoms with van der Waals surface area (Å²) in [4.78, 5) is 10.8. The number of hydrogen-bond acceptors (Lipinski definition) is 5. The van der Waals surface area contributed by atoms with Gasteiger partial charge >= 0.3 is 0 Å². The second-order valence-corrected chi connectivity index (χ2v) is 7.25. The summed E-state index contributed by atoms with van der Waals surface area (Å²) in [7, 11) is 0. The third kappa shape index (κ3) is 4.03. The van der Waals surface area contributed by atoms with Crippen LogP contribution in [0.5, 0.6) is 0 Å². The minimum Gasteiger partial charge on any atom is -0.298 e. The zero-order valence-corrected chi connectivity index (χ0v) is 16.1. The van der Waals surface area contributed by atoms with Crippen LogP contribution in [0.15, 0.2) is 70.8 Å². The third-order valence-corrected chi connectivity index (χ3v) is 5.22. The first-order valence-corrected chi connectivity index (χ1v) is 9.53. The van der Waals surface area contributed by atoms with Crippen molar-refractivity contribution >= 4 is 33.4 Å². The molecule has 1 aromatic heterocycles. The highest BCUT2D eigenvalue weighted by Gasteiger charge is 2.17. The van der Waals surface area contributed by atoms with Crippen molar-refractivity contribution < 1.29 is 4.92 Å². The number of rotatable bonds is 7. The normalized spacial score (nSPS) is 10.7. The van der Waals surface area contributed by atoms with Crippen molar-refractivity contribution in [1.82, 2.24) is 14.8 Å². The first kappa shape index (κ1) is 18.3. The van der Waals surface area contributed by atoms with Gasteiger partial charge in [-0.3, -0.25) is 14.7 Å². The van der Waals surface area contributed by atoms with Crippen LogP contribution in [0, 0.1) is 10.1 Å². The molecule has 26 heavy (non-hydrogen) atoms. The average Bonchev–Trinajstić information content (AvgIpc) is 3.04. The van der Waals surface area contributed by atoms with Gasteiger partial charge in [-0.05, 0) is 12.1 Å². The lowest BCUT2D eigenvalue weighted by atomic mass is 10.2. The smallest absolute Gasteiger partial charge is 0.273 e. The number of benzene rings is 2. The number of hydrogen-bond donors (Lipinski definition) is 0. The van der Waals surface area contributed by atoms with Crippen LogP contribution in [-0.4, -0.2) is 19.7 Å².